The third kappa shape index (κ3) is 4.28. The number of rotatable bonds is 5. The number of alkyl halides is 3. The van der Waals surface area contributed by atoms with Crippen molar-refractivity contribution < 1.29 is 27.4 Å². The number of nitrogens with one attached hydrogen (secondary N) is 1. The van der Waals surface area contributed by atoms with Gasteiger partial charge in [0.05, 0.1) is 10.8 Å². The van der Waals surface area contributed by atoms with Gasteiger partial charge in [0.2, 0.25) is 18.5 Å². The Hall–Kier alpha value is -3.01. The molecule has 0 saturated heterocycles. The summed E-state index contributed by atoms with van der Waals surface area (Å²) in [4.78, 5) is 19.8. The normalized spacial score (nSPS) is 14.0. The first-order chi connectivity index (χ1) is 14.3. The van der Waals surface area contributed by atoms with Gasteiger partial charge >= 0.3 is 6.18 Å². The van der Waals surface area contributed by atoms with Crippen LogP contribution in [0.4, 0.5) is 13.2 Å². The van der Waals surface area contributed by atoms with Crippen molar-refractivity contribution in [3.8, 4) is 11.5 Å². The van der Waals surface area contributed by atoms with E-state index in [2.05, 4.69) is 15.3 Å². The summed E-state index contributed by atoms with van der Waals surface area (Å²) in [6, 6.07) is 11.7. The molecule has 4 rings (SSSR count). The predicted octanol–water partition coefficient (Wildman–Crippen LogP) is 4.17. The number of nitrogens with zero attached hydrogens (tertiary/aromatic N) is 2. The molecule has 1 N–H and O–H groups in total. The third-order valence-corrected chi connectivity index (χ3v) is 5.49. The molecule has 0 spiro atoms. The fourth-order valence-electron chi connectivity index (χ4n) is 2.87. The van der Waals surface area contributed by atoms with Gasteiger partial charge in [-0.05, 0) is 30.7 Å². The summed E-state index contributed by atoms with van der Waals surface area (Å²) in [6.07, 6.45) is -4.68. The maximum atomic E-state index is 13.2. The minimum absolute atomic E-state index is 0.110. The molecule has 1 aliphatic rings. The Balaban J connectivity index is 1.48. The molecule has 30 heavy (non-hydrogen) atoms. The summed E-state index contributed by atoms with van der Waals surface area (Å²) in [7, 11) is 0. The van der Waals surface area contributed by atoms with Crippen LogP contribution < -0.4 is 14.8 Å². The van der Waals surface area contributed by atoms with E-state index in [4.69, 9.17) is 9.47 Å². The molecule has 0 saturated carbocycles. The van der Waals surface area contributed by atoms with Gasteiger partial charge in [-0.25, -0.2) is 9.97 Å². The molecule has 1 aliphatic heterocycles. The van der Waals surface area contributed by atoms with E-state index in [1.54, 1.807) is 43.3 Å². The smallest absolute Gasteiger partial charge is 0.451 e. The van der Waals surface area contributed by atoms with E-state index in [-0.39, 0.29) is 29.8 Å². The maximum absolute atomic E-state index is 13.2. The first kappa shape index (κ1) is 20.3. The first-order valence-corrected chi connectivity index (χ1v) is 9.86. The summed E-state index contributed by atoms with van der Waals surface area (Å²) in [6.45, 7) is 2.02. The molecule has 6 nitrogen and oxygen atoms in total. The molecule has 1 amide bonds. The van der Waals surface area contributed by atoms with Crippen LogP contribution in [0, 0.1) is 0 Å². The maximum Gasteiger partial charge on any atom is 0.451 e. The second-order valence-corrected chi connectivity index (χ2v) is 7.86. The lowest BCUT2D eigenvalue weighted by atomic mass is 10.2. The van der Waals surface area contributed by atoms with Crippen LogP contribution in [0.15, 0.2) is 47.5 Å². The van der Waals surface area contributed by atoms with E-state index in [1.807, 2.05) is 0 Å². The fourth-order valence-corrected chi connectivity index (χ4v) is 3.83. The van der Waals surface area contributed by atoms with Gasteiger partial charge < -0.3 is 14.8 Å². The number of thioether (sulfide) groups is 1. The Kier molecular flexibility index (Phi) is 5.42. The van der Waals surface area contributed by atoms with E-state index >= 15 is 0 Å². The van der Waals surface area contributed by atoms with Crippen LogP contribution in [0.25, 0.3) is 10.9 Å². The number of amides is 1. The van der Waals surface area contributed by atoms with Crippen molar-refractivity contribution >= 4 is 28.6 Å². The van der Waals surface area contributed by atoms with E-state index in [0.717, 1.165) is 17.3 Å². The molecule has 0 fully saturated rings. The van der Waals surface area contributed by atoms with Crippen molar-refractivity contribution in [2.45, 2.75) is 29.9 Å². The quantitative estimate of drug-likeness (QED) is 0.479. The summed E-state index contributed by atoms with van der Waals surface area (Å²) in [5.74, 6) is -0.299. The highest BCUT2D eigenvalue weighted by molar-refractivity contribution is 8.00. The summed E-state index contributed by atoms with van der Waals surface area (Å²) >= 11 is 0.959. The van der Waals surface area contributed by atoms with Crippen LogP contribution >= 0.6 is 11.8 Å². The molecule has 2 aromatic carbocycles. The number of fused-ring (bicyclic) bond motifs is 2. The first-order valence-electron chi connectivity index (χ1n) is 8.98. The average Bonchev–Trinajstić information content (AvgIpc) is 3.19. The lowest BCUT2D eigenvalue weighted by Crippen LogP contribution is -2.30. The molecular weight excluding hydrogens is 419 g/mol. The minimum Gasteiger partial charge on any atom is -0.454 e. The van der Waals surface area contributed by atoms with Gasteiger partial charge in [0, 0.05) is 11.9 Å². The van der Waals surface area contributed by atoms with Crippen molar-refractivity contribution in [2.24, 2.45) is 0 Å². The molecule has 0 unspecified atom stereocenters. The zero-order valence-corrected chi connectivity index (χ0v) is 16.5. The summed E-state index contributed by atoms with van der Waals surface area (Å²) < 4.78 is 50.0. The van der Waals surface area contributed by atoms with Crippen LogP contribution in [0.2, 0.25) is 0 Å². The highest BCUT2D eigenvalue weighted by Gasteiger charge is 2.36. The van der Waals surface area contributed by atoms with E-state index in [1.165, 1.54) is 6.07 Å². The highest BCUT2D eigenvalue weighted by Crippen LogP contribution is 2.34. The standard InChI is InChI=1S/C20H16F3N3O3S/c1-11(17(27)24-9-12-6-7-15-16(8-12)29-10-28-15)30-18-13-4-2-3-5-14(13)25-19(26-18)20(21,22)23/h2-8,11H,9-10H2,1H3,(H,24,27)/t11-/m1/s1. The zero-order valence-electron chi connectivity index (χ0n) is 15.7. The molecule has 2 heterocycles. The van der Waals surface area contributed by atoms with Crippen LogP contribution in [0.1, 0.15) is 18.3 Å². The van der Waals surface area contributed by atoms with Gasteiger partial charge in [-0.15, -0.1) is 0 Å². The molecule has 1 atom stereocenters. The Labute approximate surface area is 173 Å². The molecule has 0 bridgehead atoms. The summed E-state index contributed by atoms with van der Waals surface area (Å²) in [5.41, 5.74) is 0.993. The Morgan fingerprint density at radius 1 is 1.17 bits per heavy atom. The van der Waals surface area contributed by atoms with Gasteiger partial charge in [0.1, 0.15) is 5.03 Å². The van der Waals surface area contributed by atoms with Crippen molar-refractivity contribution in [1.29, 1.82) is 0 Å². The number of carbonyl (C=O) groups excluding carboxylic acids is 1. The van der Waals surface area contributed by atoms with E-state index in [0.29, 0.717) is 16.9 Å². The van der Waals surface area contributed by atoms with Crippen molar-refractivity contribution in [2.75, 3.05) is 6.79 Å². The van der Waals surface area contributed by atoms with Crippen LogP contribution in [-0.4, -0.2) is 27.9 Å². The zero-order chi connectivity index (χ0) is 21.3. The number of aromatic nitrogens is 2. The van der Waals surface area contributed by atoms with Gasteiger partial charge in [-0.1, -0.05) is 36.0 Å². The summed E-state index contributed by atoms with van der Waals surface area (Å²) in [5, 5.41) is 2.69. The number of carbonyl (C=O) groups is 1. The van der Waals surface area contributed by atoms with Crippen LogP contribution in [-0.2, 0) is 17.5 Å². The van der Waals surface area contributed by atoms with E-state index in [9.17, 15) is 18.0 Å². The van der Waals surface area contributed by atoms with Crippen LogP contribution in [0.3, 0.4) is 0 Å². The average molecular weight is 435 g/mol. The Morgan fingerprint density at radius 2 is 1.93 bits per heavy atom. The molecule has 3 aromatic rings. The van der Waals surface area contributed by atoms with Crippen molar-refractivity contribution in [3.63, 3.8) is 0 Å². The predicted molar refractivity (Wildman–Crippen MR) is 104 cm³/mol. The number of para-hydroxylation sites is 1. The molecule has 1 aromatic heterocycles. The Bertz CT molecular complexity index is 1110. The SMILES string of the molecule is C[C@@H](Sc1nc(C(F)(F)F)nc2ccccc12)C(=O)NCc1ccc2c(c1)OCO2. The second-order valence-electron chi connectivity index (χ2n) is 6.53. The van der Waals surface area contributed by atoms with Gasteiger partial charge in [-0.2, -0.15) is 13.2 Å². The lowest BCUT2D eigenvalue weighted by Gasteiger charge is -2.14. The van der Waals surface area contributed by atoms with Crippen molar-refractivity contribution in [1.82, 2.24) is 15.3 Å². The Morgan fingerprint density at radius 3 is 2.73 bits per heavy atom. The van der Waals surface area contributed by atoms with Gasteiger partial charge in [-0.3, -0.25) is 4.79 Å². The van der Waals surface area contributed by atoms with Crippen molar-refractivity contribution in [3.05, 3.63) is 53.9 Å². The van der Waals surface area contributed by atoms with Crippen LogP contribution in [0.5, 0.6) is 11.5 Å². The van der Waals surface area contributed by atoms with E-state index < -0.39 is 17.3 Å². The number of ether oxygens (including phenoxy) is 2. The molecule has 10 heteroatoms. The largest absolute Gasteiger partial charge is 0.454 e. The van der Waals surface area contributed by atoms with Gasteiger partial charge in [0.25, 0.3) is 0 Å². The third-order valence-electron chi connectivity index (χ3n) is 4.38. The molecular formula is C20H16F3N3O3S. The lowest BCUT2D eigenvalue weighted by molar-refractivity contribution is -0.145. The second kappa shape index (κ2) is 8.02. The molecule has 0 aliphatic carbocycles. The molecule has 0 radical (unpaired) electrons. The number of halogens is 3. The molecule has 156 valence electrons. The monoisotopic (exact) mass is 435 g/mol. The minimum atomic E-state index is -4.68. The number of benzene rings is 2. The van der Waals surface area contributed by atoms with Gasteiger partial charge in [0.15, 0.2) is 11.5 Å². The highest BCUT2D eigenvalue weighted by atomic mass is 32.2. The topological polar surface area (TPSA) is 73.3 Å². The number of hydrogen-bond acceptors (Lipinski definition) is 6. The number of hydrogen-bond donors (Lipinski definition) is 1. The fraction of sp³-hybridized carbons (Fsp3) is 0.250.